The van der Waals surface area contributed by atoms with Gasteiger partial charge in [0.15, 0.2) is 6.29 Å². The average Bonchev–Trinajstić information content (AvgIpc) is 2.71. The molecular formula is C11H12N2O4S. The second-order valence-electron chi connectivity index (χ2n) is 3.46. The van der Waals surface area contributed by atoms with Crippen molar-refractivity contribution in [3.8, 4) is 0 Å². The van der Waals surface area contributed by atoms with Gasteiger partial charge in [0.1, 0.15) is 0 Å². The summed E-state index contributed by atoms with van der Waals surface area (Å²) in [6.45, 7) is 1.90. The number of nitrogens with zero attached hydrogens (tertiary/aromatic N) is 1. The highest BCUT2D eigenvalue weighted by Gasteiger charge is 2.16. The van der Waals surface area contributed by atoms with Crippen molar-refractivity contribution in [3.05, 3.63) is 32.7 Å². The molecule has 0 fully saturated rings. The Bertz CT molecular complexity index is 493. The highest BCUT2D eigenvalue weighted by Crippen LogP contribution is 2.30. The fourth-order valence-electron chi connectivity index (χ4n) is 1.28. The minimum atomic E-state index is -0.509. The molecule has 1 N–H and O–H groups in total. The van der Waals surface area contributed by atoms with Crippen LogP contribution in [0.4, 0.5) is 5.00 Å². The monoisotopic (exact) mass is 268 g/mol. The van der Waals surface area contributed by atoms with E-state index < -0.39 is 4.92 Å². The van der Waals surface area contributed by atoms with Gasteiger partial charge in [0.2, 0.25) is 5.91 Å². The summed E-state index contributed by atoms with van der Waals surface area (Å²) in [5.41, 5.74) is 0.412. The molecule has 0 spiro atoms. The molecule has 0 radical (unpaired) electrons. The fourth-order valence-corrected chi connectivity index (χ4v) is 2.05. The van der Waals surface area contributed by atoms with Crippen LogP contribution in [0, 0.1) is 10.1 Å². The van der Waals surface area contributed by atoms with Crippen LogP contribution in [0.25, 0.3) is 6.08 Å². The maximum Gasteiger partial charge on any atom is 0.331 e. The third kappa shape index (κ3) is 4.10. The molecule has 0 atom stereocenters. The number of amides is 1. The standard InChI is InChI=1S/C11H12N2O4S/c1-8(15)12-5-3-2-4-9-6-10(7-14)18-11(9)13(16)17/h2,4,6-7H,3,5H2,1H3,(H,12,15). The van der Waals surface area contributed by atoms with Crippen molar-refractivity contribution in [2.24, 2.45) is 0 Å². The number of hydrogen-bond acceptors (Lipinski definition) is 5. The van der Waals surface area contributed by atoms with E-state index >= 15 is 0 Å². The van der Waals surface area contributed by atoms with Crippen LogP contribution in [0.5, 0.6) is 0 Å². The van der Waals surface area contributed by atoms with Crippen molar-refractivity contribution in [1.29, 1.82) is 0 Å². The van der Waals surface area contributed by atoms with Gasteiger partial charge in [-0.05, 0) is 12.5 Å². The minimum absolute atomic E-state index is 0.0483. The normalized spacial score (nSPS) is 10.5. The minimum Gasteiger partial charge on any atom is -0.356 e. The van der Waals surface area contributed by atoms with Crippen LogP contribution in [-0.2, 0) is 4.79 Å². The predicted octanol–water partition coefficient (Wildman–Crippen LogP) is 2.01. The van der Waals surface area contributed by atoms with E-state index in [4.69, 9.17) is 0 Å². The Kier molecular flexibility index (Phi) is 5.19. The number of nitrogens with one attached hydrogen (secondary N) is 1. The zero-order valence-electron chi connectivity index (χ0n) is 9.71. The van der Waals surface area contributed by atoms with Gasteiger partial charge in [0, 0.05) is 13.5 Å². The summed E-state index contributed by atoms with van der Waals surface area (Å²) in [5, 5.41) is 13.3. The third-order valence-electron chi connectivity index (χ3n) is 2.02. The number of hydrogen-bond donors (Lipinski definition) is 1. The summed E-state index contributed by atoms with van der Waals surface area (Å²) in [5.74, 6) is -0.117. The van der Waals surface area contributed by atoms with Crippen molar-refractivity contribution >= 4 is 34.6 Å². The first-order valence-corrected chi connectivity index (χ1v) is 6.00. The smallest absolute Gasteiger partial charge is 0.331 e. The first-order valence-electron chi connectivity index (χ1n) is 5.19. The summed E-state index contributed by atoms with van der Waals surface area (Å²) in [6, 6.07) is 1.48. The van der Waals surface area contributed by atoms with Gasteiger partial charge in [-0.3, -0.25) is 19.7 Å². The van der Waals surface area contributed by atoms with E-state index in [0.717, 1.165) is 11.3 Å². The summed E-state index contributed by atoms with van der Waals surface area (Å²) < 4.78 is 0. The largest absolute Gasteiger partial charge is 0.356 e. The van der Waals surface area contributed by atoms with Gasteiger partial charge in [0.05, 0.1) is 15.4 Å². The number of thiophene rings is 1. The van der Waals surface area contributed by atoms with E-state index in [1.54, 1.807) is 12.2 Å². The number of carbonyl (C=O) groups is 2. The van der Waals surface area contributed by atoms with E-state index in [9.17, 15) is 19.7 Å². The van der Waals surface area contributed by atoms with Crippen LogP contribution >= 0.6 is 11.3 Å². The van der Waals surface area contributed by atoms with E-state index in [0.29, 0.717) is 29.7 Å². The lowest BCUT2D eigenvalue weighted by molar-refractivity contribution is -0.380. The summed E-state index contributed by atoms with van der Waals surface area (Å²) in [6.07, 6.45) is 4.47. The fraction of sp³-hybridized carbons (Fsp3) is 0.273. The highest BCUT2D eigenvalue weighted by atomic mass is 32.1. The molecule has 0 aromatic carbocycles. The molecule has 1 aromatic rings. The van der Waals surface area contributed by atoms with Crippen molar-refractivity contribution in [3.63, 3.8) is 0 Å². The van der Waals surface area contributed by atoms with Crippen molar-refractivity contribution < 1.29 is 14.5 Å². The van der Waals surface area contributed by atoms with Gasteiger partial charge in [-0.25, -0.2) is 0 Å². The summed E-state index contributed by atoms with van der Waals surface area (Å²) >= 11 is 0.848. The predicted molar refractivity (Wildman–Crippen MR) is 68.7 cm³/mol. The van der Waals surface area contributed by atoms with Crippen LogP contribution in [-0.4, -0.2) is 23.7 Å². The Hall–Kier alpha value is -2.02. The topological polar surface area (TPSA) is 89.3 Å². The number of rotatable bonds is 6. The average molecular weight is 268 g/mol. The van der Waals surface area contributed by atoms with Crippen LogP contribution in [0.3, 0.4) is 0 Å². The Labute approximate surface area is 107 Å². The van der Waals surface area contributed by atoms with Crippen molar-refractivity contribution in [1.82, 2.24) is 5.32 Å². The molecule has 0 aliphatic heterocycles. The lowest BCUT2D eigenvalue weighted by Gasteiger charge is -1.96. The lowest BCUT2D eigenvalue weighted by atomic mass is 10.2. The molecule has 6 nitrogen and oxygen atoms in total. The Balaban J connectivity index is 2.68. The van der Waals surface area contributed by atoms with Crippen molar-refractivity contribution in [2.75, 3.05) is 6.54 Å². The lowest BCUT2D eigenvalue weighted by Crippen LogP contribution is -2.20. The first-order chi connectivity index (χ1) is 8.54. The van der Waals surface area contributed by atoms with Crippen LogP contribution < -0.4 is 5.32 Å². The molecule has 1 heterocycles. The molecule has 1 amide bonds. The van der Waals surface area contributed by atoms with Gasteiger partial charge in [-0.15, -0.1) is 0 Å². The molecule has 1 rings (SSSR count). The van der Waals surface area contributed by atoms with Crippen LogP contribution in [0.15, 0.2) is 12.1 Å². The van der Waals surface area contributed by atoms with Crippen LogP contribution in [0.1, 0.15) is 28.6 Å². The van der Waals surface area contributed by atoms with E-state index in [2.05, 4.69) is 5.32 Å². The number of nitro groups is 1. The molecule has 18 heavy (non-hydrogen) atoms. The van der Waals surface area contributed by atoms with Crippen molar-refractivity contribution in [2.45, 2.75) is 13.3 Å². The van der Waals surface area contributed by atoms with E-state index in [1.807, 2.05) is 0 Å². The van der Waals surface area contributed by atoms with Gasteiger partial charge in [-0.1, -0.05) is 23.5 Å². The molecule has 0 unspecified atom stereocenters. The molecule has 96 valence electrons. The maximum atomic E-state index is 10.7. The molecule has 0 saturated carbocycles. The van der Waals surface area contributed by atoms with Gasteiger partial charge in [-0.2, -0.15) is 0 Å². The zero-order valence-corrected chi connectivity index (χ0v) is 10.5. The molecule has 0 aliphatic carbocycles. The molecular weight excluding hydrogens is 256 g/mol. The first kappa shape index (κ1) is 14.0. The second kappa shape index (κ2) is 6.65. The zero-order chi connectivity index (χ0) is 13.5. The molecule has 1 aromatic heterocycles. The third-order valence-corrected chi connectivity index (χ3v) is 3.05. The SMILES string of the molecule is CC(=O)NCCC=Cc1cc(C=O)sc1[N+](=O)[O-]. The molecule has 0 aliphatic rings. The van der Waals surface area contributed by atoms with Crippen LogP contribution in [0.2, 0.25) is 0 Å². The molecule has 7 heteroatoms. The summed E-state index contributed by atoms with van der Waals surface area (Å²) in [7, 11) is 0. The van der Waals surface area contributed by atoms with Gasteiger partial charge in [0.25, 0.3) is 0 Å². The van der Waals surface area contributed by atoms with E-state index in [1.165, 1.54) is 13.0 Å². The maximum absolute atomic E-state index is 10.7. The number of carbonyl (C=O) groups excluding carboxylic acids is 2. The molecule has 0 bridgehead atoms. The molecule has 0 saturated heterocycles. The Morgan fingerprint density at radius 2 is 2.33 bits per heavy atom. The quantitative estimate of drug-likeness (QED) is 0.370. The van der Waals surface area contributed by atoms with Gasteiger partial charge < -0.3 is 5.32 Å². The Morgan fingerprint density at radius 1 is 1.61 bits per heavy atom. The second-order valence-corrected chi connectivity index (χ2v) is 4.52. The Morgan fingerprint density at radius 3 is 2.89 bits per heavy atom. The number of aldehydes is 1. The van der Waals surface area contributed by atoms with E-state index in [-0.39, 0.29) is 10.9 Å². The van der Waals surface area contributed by atoms with Gasteiger partial charge >= 0.3 is 5.00 Å². The summed E-state index contributed by atoms with van der Waals surface area (Å²) in [4.78, 5) is 31.7. The highest BCUT2D eigenvalue weighted by molar-refractivity contribution is 7.17.